The molecule has 0 aliphatic carbocycles. The van der Waals surface area contributed by atoms with Crippen molar-refractivity contribution in [2.24, 2.45) is 23.3 Å². The molecule has 1 aromatic heterocycles. The molecule has 12 heteroatoms. The Morgan fingerprint density at radius 1 is 0.897 bits per heavy atom. The number of primary amides is 1. The van der Waals surface area contributed by atoms with E-state index in [9.17, 15) is 29.1 Å². The minimum absolute atomic E-state index is 0.0120. The van der Waals surface area contributed by atoms with Crippen molar-refractivity contribution in [2.75, 3.05) is 0 Å². The van der Waals surface area contributed by atoms with Gasteiger partial charge < -0.3 is 37.5 Å². The summed E-state index contributed by atoms with van der Waals surface area (Å²) in [5.41, 5.74) is 12.7. The van der Waals surface area contributed by atoms with Gasteiger partial charge in [-0.1, -0.05) is 58.7 Å². The number of para-hydroxylation sites is 1. The Labute approximate surface area is 227 Å². The summed E-state index contributed by atoms with van der Waals surface area (Å²) in [6.07, 6.45) is 2.33. The van der Waals surface area contributed by atoms with Gasteiger partial charge >= 0.3 is 5.97 Å². The highest BCUT2D eigenvalue weighted by molar-refractivity contribution is 5.95. The number of benzene rings is 1. The lowest BCUT2D eigenvalue weighted by atomic mass is 9.95. The SMILES string of the molecule is CCC(C)C(N)C(=O)NC(C(=O)NC(Cc1c[nH]c2ccccc12)C(=O)NC(CC(N)=O)C(=O)O)C(C)CC. The lowest BCUT2D eigenvalue weighted by Crippen LogP contribution is -2.59. The lowest BCUT2D eigenvalue weighted by Gasteiger charge is -2.28. The van der Waals surface area contributed by atoms with Crippen molar-refractivity contribution in [3.8, 4) is 0 Å². The van der Waals surface area contributed by atoms with Crippen molar-refractivity contribution in [1.82, 2.24) is 20.9 Å². The largest absolute Gasteiger partial charge is 0.480 e. The van der Waals surface area contributed by atoms with E-state index in [1.165, 1.54) is 0 Å². The van der Waals surface area contributed by atoms with Crippen molar-refractivity contribution < 1.29 is 29.1 Å². The number of carboxylic acid groups (broad SMARTS) is 1. The Morgan fingerprint density at radius 2 is 1.51 bits per heavy atom. The second kappa shape index (κ2) is 14.3. The van der Waals surface area contributed by atoms with Crippen LogP contribution in [0.5, 0.6) is 0 Å². The van der Waals surface area contributed by atoms with Crippen LogP contribution in [-0.4, -0.2) is 63.9 Å². The standard InChI is InChI=1S/C27H40N6O6/c1-5-14(3)22(29)25(36)33-23(15(4)6-2)26(37)31-19(24(35)32-20(27(38)39)12-21(28)34)11-16-13-30-18-10-8-7-9-17(16)18/h7-10,13-15,19-20,22-23,30H,5-6,11-12,29H2,1-4H3,(H2,28,34)(H,31,37)(H,32,35)(H,33,36)(H,38,39). The van der Waals surface area contributed by atoms with E-state index in [0.717, 1.165) is 10.9 Å². The number of carbonyl (C=O) groups is 5. The molecular weight excluding hydrogens is 504 g/mol. The molecule has 1 heterocycles. The Morgan fingerprint density at radius 3 is 2.10 bits per heavy atom. The molecule has 214 valence electrons. The van der Waals surface area contributed by atoms with E-state index in [1.807, 2.05) is 45.0 Å². The highest BCUT2D eigenvalue weighted by atomic mass is 16.4. The summed E-state index contributed by atoms with van der Waals surface area (Å²) < 4.78 is 0. The molecule has 0 saturated carbocycles. The summed E-state index contributed by atoms with van der Waals surface area (Å²) in [6, 6.07) is 2.78. The van der Waals surface area contributed by atoms with E-state index in [1.54, 1.807) is 13.1 Å². The molecule has 4 amide bonds. The van der Waals surface area contributed by atoms with Gasteiger partial charge in [0.05, 0.1) is 12.5 Å². The second-order valence-corrected chi connectivity index (χ2v) is 9.98. The number of amides is 4. The van der Waals surface area contributed by atoms with Crippen LogP contribution in [0.25, 0.3) is 10.9 Å². The molecule has 6 unspecified atom stereocenters. The smallest absolute Gasteiger partial charge is 0.326 e. The van der Waals surface area contributed by atoms with Crippen LogP contribution in [0.4, 0.5) is 0 Å². The molecule has 0 fully saturated rings. The molecule has 6 atom stereocenters. The first kappa shape index (κ1) is 31.3. The maximum absolute atomic E-state index is 13.5. The summed E-state index contributed by atoms with van der Waals surface area (Å²) in [7, 11) is 0. The van der Waals surface area contributed by atoms with Gasteiger partial charge in [0.15, 0.2) is 0 Å². The number of rotatable bonds is 15. The van der Waals surface area contributed by atoms with Crippen LogP contribution in [0.1, 0.15) is 52.5 Å². The van der Waals surface area contributed by atoms with E-state index in [2.05, 4.69) is 20.9 Å². The number of hydrogen-bond donors (Lipinski definition) is 7. The van der Waals surface area contributed by atoms with Gasteiger partial charge in [0.2, 0.25) is 23.6 Å². The number of aromatic amines is 1. The van der Waals surface area contributed by atoms with Crippen LogP contribution >= 0.6 is 0 Å². The summed E-state index contributed by atoms with van der Waals surface area (Å²) in [6.45, 7) is 7.41. The van der Waals surface area contributed by atoms with Gasteiger partial charge in [-0.15, -0.1) is 0 Å². The van der Waals surface area contributed by atoms with E-state index < -0.39 is 60.2 Å². The topological polar surface area (TPSA) is 209 Å². The van der Waals surface area contributed by atoms with Crippen molar-refractivity contribution in [3.05, 3.63) is 36.0 Å². The molecule has 0 saturated heterocycles. The molecule has 2 aromatic rings. The first-order valence-corrected chi connectivity index (χ1v) is 13.1. The first-order chi connectivity index (χ1) is 18.4. The molecule has 1 aromatic carbocycles. The Balaban J connectivity index is 2.36. The van der Waals surface area contributed by atoms with Crippen molar-refractivity contribution in [1.29, 1.82) is 0 Å². The van der Waals surface area contributed by atoms with Gasteiger partial charge in [-0.3, -0.25) is 19.2 Å². The number of nitrogens with two attached hydrogens (primary N) is 2. The van der Waals surface area contributed by atoms with Gasteiger partial charge in [0.1, 0.15) is 18.1 Å². The Kier molecular flexibility index (Phi) is 11.5. The highest BCUT2D eigenvalue weighted by Crippen LogP contribution is 2.20. The normalized spacial score (nSPS) is 15.8. The fraction of sp³-hybridized carbons (Fsp3) is 0.519. The zero-order chi connectivity index (χ0) is 29.3. The molecule has 9 N–H and O–H groups in total. The maximum Gasteiger partial charge on any atom is 0.326 e. The third-order valence-electron chi connectivity index (χ3n) is 7.10. The summed E-state index contributed by atoms with van der Waals surface area (Å²) in [5.74, 6) is -4.65. The van der Waals surface area contributed by atoms with Crippen LogP contribution < -0.4 is 27.4 Å². The number of carboxylic acids is 1. The maximum atomic E-state index is 13.5. The number of fused-ring (bicyclic) bond motifs is 1. The zero-order valence-corrected chi connectivity index (χ0v) is 22.8. The number of aromatic nitrogens is 1. The highest BCUT2D eigenvalue weighted by Gasteiger charge is 2.33. The first-order valence-electron chi connectivity index (χ1n) is 13.1. The van der Waals surface area contributed by atoms with Crippen LogP contribution in [-0.2, 0) is 30.4 Å². The fourth-order valence-corrected chi connectivity index (χ4v) is 4.13. The second-order valence-electron chi connectivity index (χ2n) is 9.98. The van der Waals surface area contributed by atoms with E-state index in [-0.39, 0.29) is 18.3 Å². The molecule has 0 bridgehead atoms. The minimum Gasteiger partial charge on any atom is -0.480 e. The van der Waals surface area contributed by atoms with E-state index in [0.29, 0.717) is 18.4 Å². The van der Waals surface area contributed by atoms with E-state index >= 15 is 0 Å². The van der Waals surface area contributed by atoms with Gasteiger partial charge in [-0.05, 0) is 23.5 Å². The fourth-order valence-electron chi connectivity index (χ4n) is 4.13. The van der Waals surface area contributed by atoms with Crippen LogP contribution in [0, 0.1) is 11.8 Å². The van der Waals surface area contributed by atoms with Crippen LogP contribution in [0.3, 0.4) is 0 Å². The number of H-pyrrole nitrogens is 1. The molecule has 0 radical (unpaired) electrons. The Bertz CT molecular complexity index is 1180. The third-order valence-corrected chi connectivity index (χ3v) is 7.10. The average molecular weight is 545 g/mol. The van der Waals surface area contributed by atoms with Crippen molar-refractivity contribution in [2.45, 2.75) is 77.5 Å². The zero-order valence-electron chi connectivity index (χ0n) is 22.8. The van der Waals surface area contributed by atoms with Gasteiger partial charge in [0.25, 0.3) is 0 Å². The number of nitrogens with one attached hydrogen (secondary N) is 4. The predicted octanol–water partition coefficient (Wildman–Crippen LogP) is 0.544. The molecule has 0 aliphatic heterocycles. The molecular formula is C27H40N6O6. The van der Waals surface area contributed by atoms with Crippen LogP contribution in [0.2, 0.25) is 0 Å². The van der Waals surface area contributed by atoms with Gasteiger partial charge in [-0.25, -0.2) is 4.79 Å². The van der Waals surface area contributed by atoms with Crippen molar-refractivity contribution in [3.63, 3.8) is 0 Å². The summed E-state index contributed by atoms with van der Waals surface area (Å²) >= 11 is 0. The summed E-state index contributed by atoms with van der Waals surface area (Å²) in [5, 5.41) is 18.0. The van der Waals surface area contributed by atoms with Gasteiger partial charge in [-0.2, -0.15) is 0 Å². The number of carbonyl (C=O) groups excluding carboxylic acids is 4. The summed E-state index contributed by atoms with van der Waals surface area (Å²) in [4.78, 5) is 65.7. The van der Waals surface area contributed by atoms with E-state index in [4.69, 9.17) is 11.5 Å². The molecule has 39 heavy (non-hydrogen) atoms. The lowest BCUT2D eigenvalue weighted by molar-refractivity contribution is -0.143. The molecule has 12 nitrogen and oxygen atoms in total. The molecule has 2 rings (SSSR count). The minimum atomic E-state index is -1.57. The predicted molar refractivity (Wildman–Crippen MR) is 146 cm³/mol. The quantitative estimate of drug-likeness (QED) is 0.169. The third kappa shape index (κ3) is 8.54. The van der Waals surface area contributed by atoms with Gasteiger partial charge in [0, 0.05) is 23.5 Å². The molecule has 0 spiro atoms. The Hall–Kier alpha value is -3.93. The molecule has 0 aliphatic rings. The number of aliphatic carboxylic acids is 1. The average Bonchev–Trinajstić information content (AvgIpc) is 3.31. The van der Waals surface area contributed by atoms with Crippen molar-refractivity contribution >= 4 is 40.5 Å². The monoisotopic (exact) mass is 544 g/mol. The number of hydrogen-bond acceptors (Lipinski definition) is 6. The van der Waals surface area contributed by atoms with Crippen LogP contribution in [0.15, 0.2) is 30.5 Å².